The van der Waals surface area contributed by atoms with E-state index in [-0.39, 0.29) is 29.8 Å². The van der Waals surface area contributed by atoms with E-state index in [2.05, 4.69) is 10.3 Å². The highest BCUT2D eigenvalue weighted by atomic mass is 19.4. The second-order valence-corrected chi connectivity index (χ2v) is 5.89. The molecule has 134 valence electrons. The molecule has 2 heterocycles. The summed E-state index contributed by atoms with van der Waals surface area (Å²) in [6, 6.07) is 5.24. The Morgan fingerprint density at radius 2 is 2.16 bits per heavy atom. The van der Waals surface area contributed by atoms with Gasteiger partial charge in [0, 0.05) is 13.7 Å². The summed E-state index contributed by atoms with van der Waals surface area (Å²) in [5.74, 6) is -0.328. The van der Waals surface area contributed by atoms with Crippen LogP contribution < -0.4 is 0 Å². The quantitative estimate of drug-likeness (QED) is 0.845. The number of halogens is 3. The average molecular weight is 354 g/mol. The lowest BCUT2D eigenvalue weighted by Crippen LogP contribution is -2.37. The van der Waals surface area contributed by atoms with Crippen LogP contribution in [-0.2, 0) is 17.5 Å². The molecule has 0 aliphatic carbocycles. The number of carbonyl (C=O) groups excluding carboxylic acids is 1. The van der Waals surface area contributed by atoms with Crippen LogP contribution in [0.5, 0.6) is 0 Å². The number of likely N-dealkylation sites (N-methyl/N-ethyl adjacent to an activating group) is 1. The maximum atomic E-state index is 13.0. The largest absolute Gasteiger partial charge is 0.416 e. The Labute approximate surface area is 142 Å². The van der Waals surface area contributed by atoms with Crippen LogP contribution in [0.3, 0.4) is 0 Å². The Kier molecular flexibility index (Phi) is 4.76. The van der Waals surface area contributed by atoms with Crippen molar-refractivity contribution in [3.8, 4) is 0 Å². The lowest BCUT2D eigenvalue weighted by molar-refractivity contribution is -0.138. The lowest BCUT2D eigenvalue weighted by Gasteiger charge is -2.21. The minimum atomic E-state index is -4.45. The highest BCUT2D eigenvalue weighted by Crippen LogP contribution is 2.32. The van der Waals surface area contributed by atoms with Crippen molar-refractivity contribution < 1.29 is 22.7 Å². The first-order chi connectivity index (χ1) is 11.9. The van der Waals surface area contributed by atoms with Gasteiger partial charge in [-0.05, 0) is 18.1 Å². The normalized spacial score (nSPS) is 17.7. The van der Waals surface area contributed by atoms with E-state index in [1.165, 1.54) is 34.0 Å². The third-order valence-corrected chi connectivity index (χ3v) is 4.19. The summed E-state index contributed by atoms with van der Waals surface area (Å²) >= 11 is 0. The SMILES string of the molecule is CN(C(=O)c1cn(Cc2ccccc2C(F)(F)F)nn1)C1CCOC1. The predicted molar refractivity (Wildman–Crippen MR) is 81.9 cm³/mol. The van der Waals surface area contributed by atoms with Gasteiger partial charge in [0.1, 0.15) is 0 Å². The monoisotopic (exact) mass is 354 g/mol. The Bertz CT molecular complexity index is 754. The molecule has 1 aliphatic rings. The third-order valence-electron chi connectivity index (χ3n) is 4.19. The van der Waals surface area contributed by atoms with Gasteiger partial charge in [-0.2, -0.15) is 13.2 Å². The van der Waals surface area contributed by atoms with E-state index in [9.17, 15) is 18.0 Å². The molecule has 9 heteroatoms. The molecule has 1 aliphatic heterocycles. The van der Waals surface area contributed by atoms with Crippen LogP contribution in [0.2, 0.25) is 0 Å². The summed E-state index contributed by atoms with van der Waals surface area (Å²) in [4.78, 5) is 13.9. The van der Waals surface area contributed by atoms with Gasteiger partial charge in [0.2, 0.25) is 0 Å². The maximum Gasteiger partial charge on any atom is 0.416 e. The molecule has 1 aromatic heterocycles. The van der Waals surface area contributed by atoms with Gasteiger partial charge >= 0.3 is 6.18 Å². The van der Waals surface area contributed by atoms with Gasteiger partial charge in [-0.25, -0.2) is 4.68 Å². The molecule has 2 aromatic rings. The van der Waals surface area contributed by atoms with Gasteiger partial charge in [-0.3, -0.25) is 4.79 Å². The van der Waals surface area contributed by atoms with E-state index >= 15 is 0 Å². The standard InChI is InChI=1S/C16H17F3N4O2/c1-22(12-6-7-25-10-12)15(24)14-9-23(21-20-14)8-11-4-2-3-5-13(11)16(17,18)19/h2-5,9,12H,6-8,10H2,1H3. The summed E-state index contributed by atoms with van der Waals surface area (Å²) in [5.41, 5.74) is -0.561. The Hall–Kier alpha value is -2.42. The van der Waals surface area contributed by atoms with E-state index in [4.69, 9.17) is 4.74 Å². The first-order valence-electron chi connectivity index (χ1n) is 7.76. The number of benzene rings is 1. The van der Waals surface area contributed by atoms with Crippen LogP contribution in [0.1, 0.15) is 28.0 Å². The van der Waals surface area contributed by atoms with Gasteiger partial charge in [0.25, 0.3) is 5.91 Å². The summed E-state index contributed by atoms with van der Waals surface area (Å²) in [6.45, 7) is 0.949. The first kappa shape index (κ1) is 17.4. The molecule has 0 radical (unpaired) electrons. The smallest absolute Gasteiger partial charge is 0.379 e. The molecule has 0 N–H and O–H groups in total. The maximum absolute atomic E-state index is 13.0. The van der Waals surface area contributed by atoms with Crippen molar-refractivity contribution in [1.29, 1.82) is 0 Å². The van der Waals surface area contributed by atoms with E-state index < -0.39 is 11.7 Å². The average Bonchev–Trinajstić information content (AvgIpc) is 3.25. The zero-order valence-electron chi connectivity index (χ0n) is 13.5. The van der Waals surface area contributed by atoms with Crippen molar-refractivity contribution in [2.75, 3.05) is 20.3 Å². The first-order valence-corrected chi connectivity index (χ1v) is 7.76. The number of ether oxygens (including phenoxy) is 1. The number of hydrogen-bond donors (Lipinski definition) is 0. The zero-order chi connectivity index (χ0) is 18.0. The molecule has 25 heavy (non-hydrogen) atoms. The molecule has 0 saturated carbocycles. The number of hydrogen-bond acceptors (Lipinski definition) is 4. The number of alkyl halides is 3. The Morgan fingerprint density at radius 1 is 1.40 bits per heavy atom. The minimum Gasteiger partial charge on any atom is -0.379 e. The van der Waals surface area contributed by atoms with E-state index in [0.29, 0.717) is 13.2 Å². The second-order valence-electron chi connectivity index (χ2n) is 5.89. The van der Waals surface area contributed by atoms with Crippen LogP contribution in [-0.4, -0.2) is 52.1 Å². The number of rotatable bonds is 4. The van der Waals surface area contributed by atoms with Gasteiger partial charge in [0.15, 0.2) is 5.69 Å². The van der Waals surface area contributed by atoms with E-state index in [1.807, 2.05) is 0 Å². The molecule has 1 saturated heterocycles. The summed E-state index contributed by atoms with van der Waals surface area (Å²) < 4.78 is 45.6. The van der Waals surface area contributed by atoms with Crippen molar-refractivity contribution in [3.05, 3.63) is 47.3 Å². The molecule has 1 unspecified atom stereocenters. The molecule has 1 atom stereocenters. The molecule has 1 amide bonds. The second kappa shape index (κ2) is 6.83. The van der Waals surface area contributed by atoms with Gasteiger partial charge < -0.3 is 9.64 Å². The summed E-state index contributed by atoms with van der Waals surface area (Å²) in [7, 11) is 1.65. The minimum absolute atomic E-state index is 0.0244. The van der Waals surface area contributed by atoms with Crippen molar-refractivity contribution >= 4 is 5.91 Å². The summed E-state index contributed by atoms with van der Waals surface area (Å²) in [5, 5.41) is 7.58. The molecule has 1 aromatic carbocycles. The van der Waals surface area contributed by atoms with Crippen molar-refractivity contribution in [2.24, 2.45) is 0 Å². The van der Waals surface area contributed by atoms with Crippen molar-refractivity contribution in [3.63, 3.8) is 0 Å². The molecular formula is C16H17F3N4O2. The van der Waals surface area contributed by atoms with Crippen LogP contribution in [0.4, 0.5) is 13.2 Å². The zero-order valence-corrected chi connectivity index (χ0v) is 13.5. The van der Waals surface area contributed by atoms with E-state index in [1.54, 1.807) is 7.05 Å². The fourth-order valence-corrected chi connectivity index (χ4v) is 2.76. The van der Waals surface area contributed by atoms with Gasteiger partial charge in [-0.1, -0.05) is 23.4 Å². The van der Waals surface area contributed by atoms with Crippen molar-refractivity contribution in [2.45, 2.75) is 25.2 Å². The fraction of sp³-hybridized carbons (Fsp3) is 0.438. The molecule has 6 nitrogen and oxygen atoms in total. The topological polar surface area (TPSA) is 60.2 Å². The number of nitrogens with zero attached hydrogens (tertiary/aromatic N) is 4. The number of carbonyl (C=O) groups is 1. The van der Waals surface area contributed by atoms with Gasteiger partial charge in [-0.15, -0.1) is 5.10 Å². The van der Waals surface area contributed by atoms with Crippen LogP contribution >= 0.6 is 0 Å². The van der Waals surface area contributed by atoms with Gasteiger partial charge in [0.05, 0.1) is 31.0 Å². The Morgan fingerprint density at radius 3 is 2.84 bits per heavy atom. The fourth-order valence-electron chi connectivity index (χ4n) is 2.76. The third kappa shape index (κ3) is 3.81. The molecule has 1 fully saturated rings. The molecule has 3 rings (SSSR count). The molecule has 0 bridgehead atoms. The van der Waals surface area contributed by atoms with Crippen LogP contribution in [0, 0.1) is 0 Å². The molecular weight excluding hydrogens is 337 g/mol. The number of aromatic nitrogens is 3. The highest BCUT2D eigenvalue weighted by Gasteiger charge is 2.33. The predicted octanol–water partition coefficient (Wildman–Crippen LogP) is 2.21. The number of amides is 1. The lowest BCUT2D eigenvalue weighted by atomic mass is 10.1. The van der Waals surface area contributed by atoms with Crippen molar-refractivity contribution in [1.82, 2.24) is 19.9 Å². The van der Waals surface area contributed by atoms with E-state index in [0.717, 1.165) is 12.5 Å². The Balaban J connectivity index is 1.75. The highest BCUT2D eigenvalue weighted by molar-refractivity contribution is 5.92. The van der Waals surface area contributed by atoms with Crippen LogP contribution in [0.15, 0.2) is 30.5 Å². The molecule has 0 spiro atoms. The van der Waals surface area contributed by atoms with Crippen LogP contribution in [0.25, 0.3) is 0 Å². The summed E-state index contributed by atoms with van der Waals surface area (Å²) in [6.07, 6.45) is -2.34.